The Morgan fingerprint density at radius 3 is 2.38 bits per heavy atom. The molecule has 0 saturated heterocycles. The van der Waals surface area contributed by atoms with Crippen LogP contribution in [-0.2, 0) is 19.6 Å². The first kappa shape index (κ1) is 29.7. The zero-order chi connectivity index (χ0) is 29.4. The van der Waals surface area contributed by atoms with Crippen molar-refractivity contribution < 1.29 is 55.3 Å². The molecular formula is C24H20F2INO11S. The van der Waals surface area contributed by atoms with E-state index in [-0.39, 0.29) is 23.1 Å². The fourth-order valence-corrected chi connectivity index (χ4v) is 5.50. The van der Waals surface area contributed by atoms with Crippen molar-refractivity contribution in [2.75, 3.05) is 6.61 Å². The third-order valence-electron chi connectivity index (χ3n) is 6.76. The molecule has 2 aliphatic rings. The first-order valence-electron chi connectivity index (χ1n) is 11.7. The second-order valence-corrected chi connectivity index (χ2v) is 12.2. The molecule has 2 aromatic rings. The number of esters is 3. The smallest absolute Gasteiger partial charge is 0.402 e. The topological polar surface area (TPSA) is 176 Å². The van der Waals surface area contributed by atoms with E-state index in [4.69, 9.17) is 14.0 Å². The second-order valence-electron chi connectivity index (χ2n) is 9.36. The molecule has 2 saturated carbocycles. The summed E-state index contributed by atoms with van der Waals surface area (Å²) in [5, 5.41) is 6.46. The lowest BCUT2D eigenvalue weighted by molar-refractivity contribution is -0.385. The van der Waals surface area contributed by atoms with Crippen LogP contribution in [-0.4, -0.2) is 47.7 Å². The van der Waals surface area contributed by atoms with E-state index in [0.717, 1.165) is 31.4 Å². The normalized spacial score (nSPS) is 20.1. The molecule has 214 valence electrons. The summed E-state index contributed by atoms with van der Waals surface area (Å²) in [7, 11) is -5.94. The van der Waals surface area contributed by atoms with Gasteiger partial charge in [-0.3, -0.25) is 19.5 Å². The van der Waals surface area contributed by atoms with Crippen LogP contribution in [0.25, 0.3) is 0 Å². The van der Waals surface area contributed by atoms with Crippen LogP contribution in [0.5, 0.6) is 11.5 Å². The number of nitrogens with zero attached hydrogens (tertiary/aromatic N) is 1. The standard InChI is InChI=1S/C24H20F2INO11S/c25-24(26,40(34,35)36)11-37-21(29)18-10-15(4-6-19(18)28(32)33)38-22(30)16-5-3-14(27)9-20(16)39-23(31)17-8-12-1-2-13(17)7-12/h3-6,9-10,12-13,17H,1-2,7-8,11H2,(H,34,35,36). The van der Waals surface area contributed by atoms with Gasteiger partial charge in [0.2, 0.25) is 0 Å². The molecule has 40 heavy (non-hydrogen) atoms. The summed E-state index contributed by atoms with van der Waals surface area (Å²) in [6.45, 7) is -2.13. The molecule has 0 amide bonds. The Balaban J connectivity index is 1.54. The van der Waals surface area contributed by atoms with E-state index in [2.05, 4.69) is 4.74 Å². The van der Waals surface area contributed by atoms with Crippen LogP contribution in [0.3, 0.4) is 0 Å². The molecular weight excluding hydrogens is 675 g/mol. The van der Waals surface area contributed by atoms with Crippen LogP contribution in [0.15, 0.2) is 36.4 Å². The summed E-state index contributed by atoms with van der Waals surface area (Å²) in [5.41, 5.74) is -2.02. The molecule has 1 N–H and O–H groups in total. The average molecular weight is 695 g/mol. The first-order chi connectivity index (χ1) is 18.7. The van der Waals surface area contributed by atoms with Crippen LogP contribution in [0.2, 0.25) is 0 Å². The fourth-order valence-electron chi connectivity index (χ4n) is 4.83. The number of ether oxygens (including phenoxy) is 3. The summed E-state index contributed by atoms with van der Waals surface area (Å²) in [5.74, 6) is -3.36. The second kappa shape index (κ2) is 11.3. The number of carbonyl (C=O) groups excluding carboxylic acids is 3. The lowest BCUT2D eigenvalue weighted by atomic mass is 9.89. The Morgan fingerprint density at radius 1 is 1.05 bits per heavy atom. The number of fused-ring (bicyclic) bond motifs is 2. The lowest BCUT2D eigenvalue weighted by Gasteiger charge is -2.20. The quantitative estimate of drug-likeness (QED) is 0.0983. The van der Waals surface area contributed by atoms with Gasteiger partial charge in [0.25, 0.3) is 5.69 Å². The number of carbonyl (C=O) groups is 3. The molecule has 0 aromatic heterocycles. The minimum absolute atomic E-state index is 0.0707. The number of alkyl halides is 2. The molecule has 2 aromatic carbocycles. The number of hydrogen-bond acceptors (Lipinski definition) is 10. The van der Waals surface area contributed by atoms with Gasteiger partial charge in [-0.25, -0.2) is 9.59 Å². The Labute approximate surface area is 239 Å². The van der Waals surface area contributed by atoms with Gasteiger partial charge in [-0.05, 0) is 78.0 Å². The van der Waals surface area contributed by atoms with Gasteiger partial charge in [-0.15, -0.1) is 0 Å². The largest absolute Gasteiger partial charge is 0.454 e. The summed E-state index contributed by atoms with van der Waals surface area (Å²) >= 11 is 1.96. The van der Waals surface area contributed by atoms with Crippen LogP contribution >= 0.6 is 22.6 Å². The third kappa shape index (κ3) is 6.38. The fraction of sp³-hybridized carbons (Fsp3) is 0.375. The lowest BCUT2D eigenvalue weighted by Crippen LogP contribution is -2.34. The molecule has 0 spiro atoms. The van der Waals surface area contributed by atoms with Gasteiger partial charge in [0, 0.05) is 15.7 Å². The van der Waals surface area contributed by atoms with Crippen molar-refractivity contribution in [3.8, 4) is 11.5 Å². The average Bonchev–Trinajstić information content (AvgIpc) is 3.50. The van der Waals surface area contributed by atoms with Gasteiger partial charge in [0.1, 0.15) is 22.6 Å². The van der Waals surface area contributed by atoms with Crippen molar-refractivity contribution in [2.24, 2.45) is 17.8 Å². The molecule has 3 unspecified atom stereocenters. The highest BCUT2D eigenvalue weighted by atomic mass is 127. The Bertz CT molecular complexity index is 1500. The Kier molecular flexibility index (Phi) is 8.41. The van der Waals surface area contributed by atoms with E-state index < -0.39 is 61.8 Å². The first-order valence-corrected chi connectivity index (χ1v) is 14.2. The zero-order valence-electron chi connectivity index (χ0n) is 20.3. The minimum Gasteiger partial charge on any atom is -0.454 e. The van der Waals surface area contributed by atoms with Gasteiger partial charge in [-0.1, -0.05) is 6.42 Å². The highest BCUT2D eigenvalue weighted by Crippen LogP contribution is 2.48. The minimum atomic E-state index is -5.94. The SMILES string of the molecule is O=C(Oc1ccc([N+](=O)[O-])c(C(=O)OCC(F)(F)S(=O)(=O)O)c1)c1ccc(I)cc1OC(=O)C1CC2CCC1C2. The number of hydrogen-bond donors (Lipinski definition) is 1. The molecule has 0 aliphatic heterocycles. The van der Waals surface area contributed by atoms with E-state index in [1.165, 1.54) is 12.1 Å². The maximum absolute atomic E-state index is 13.4. The molecule has 4 rings (SSSR count). The summed E-state index contributed by atoms with van der Waals surface area (Å²) < 4.78 is 72.5. The van der Waals surface area contributed by atoms with Crippen molar-refractivity contribution in [1.82, 2.24) is 0 Å². The Hall–Kier alpha value is -3.25. The number of nitro groups is 1. The molecule has 2 fully saturated rings. The highest BCUT2D eigenvalue weighted by Gasteiger charge is 2.46. The van der Waals surface area contributed by atoms with Crippen molar-refractivity contribution in [1.29, 1.82) is 0 Å². The van der Waals surface area contributed by atoms with Crippen LogP contribution in [0, 0.1) is 31.4 Å². The molecule has 0 radical (unpaired) electrons. The molecule has 2 bridgehead atoms. The number of rotatable bonds is 9. The van der Waals surface area contributed by atoms with Crippen LogP contribution < -0.4 is 9.47 Å². The number of benzene rings is 2. The third-order valence-corrected chi connectivity index (χ3v) is 8.30. The summed E-state index contributed by atoms with van der Waals surface area (Å²) in [4.78, 5) is 48.4. The van der Waals surface area contributed by atoms with Gasteiger partial charge in [-0.2, -0.15) is 17.2 Å². The molecule has 2 aliphatic carbocycles. The van der Waals surface area contributed by atoms with Gasteiger partial charge < -0.3 is 14.2 Å². The van der Waals surface area contributed by atoms with E-state index in [0.29, 0.717) is 22.0 Å². The van der Waals surface area contributed by atoms with Crippen molar-refractivity contribution in [2.45, 2.75) is 30.9 Å². The van der Waals surface area contributed by atoms with E-state index in [1.54, 1.807) is 6.07 Å². The maximum Gasteiger partial charge on any atom is 0.402 e. The molecule has 12 nitrogen and oxygen atoms in total. The van der Waals surface area contributed by atoms with E-state index in [9.17, 15) is 41.7 Å². The molecule has 16 heteroatoms. The number of nitro benzene ring substituents is 1. The number of halogens is 3. The van der Waals surface area contributed by atoms with Gasteiger partial charge in [0.15, 0.2) is 6.61 Å². The van der Waals surface area contributed by atoms with Gasteiger partial charge in [0.05, 0.1) is 10.8 Å². The molecule has 0 heterocycles. The Morgan fingerprint density at radius 2 is 1.77 bits per heavy atom. The summed E-state index contributed by atoms with van der Waals surface area (Å²) in [6, 6.07) is 6.69. The predicted octanol–water partition coefficient (Wildman–Crippen LogP) is 4.40. The van der Waals surface area contributed by atoms with Crippen molar-refractivity contribution in [3.63, 3.8) is 0 Å². The predicted molar refractivity (Wildman–Crippen MR) is 139 cm³/mol. The van der Waals surface area contributed by atoms with Crippen LogP contribution in [0.1, 0.15) is 46.4 Å². The van der Waals surface area contributed by atoms with Crippen molar-refractivity contribution in [3.05, 3.63) is 61.2 Å². The maximum atomic E-state index is 13.4. The van der Waals surface area contributed by atoms with E-state index in [1.807, 2.05) is 22.6 Å². The molecule has 3 atom stereocenters. The van der Waals surface area contributed by atoms with E-state index >= 15 is 0 Å². The monoisotopic (exact) mass is 695 g/mol. The zero-order valence-corrected chi connectivity index (χ0v) is 23.2. The van der Waals surface area contributed by atoms with Crippen LogP contribution in [0.4, 0.5) is 14.5 Å². The van der Waals surface area contributed by atoms with Crippen molar-refractivity contribution >= 4 is 56.3 Å². The highest BCUT2D eigenvalue weighted by molar-refractivity contribution is 14.1. The van der Waals surface area contributed by atoms with Gasteiger partial charge >= 0.3 is 33.3 Å². The summed E-state index contributed by atoms with van der Waals surface area (Å²) in [6.07, 6.45) is 3.68.